The topological polar surface area (TPSA) is 58.4 Å². The fourth-order valence-corrected chi connectivity index (χ4v) is 3.38. The number of likely N-dealkylation sites (tertiary alicyclic amines) is 1. The first-order chi connectivity index (χ1) is 9.57. The maximum atomic E-state index is 12.7. The molecule has 4 heteroatoms. The molecule has 1 unspecified atom stereocenters. The molecule has 0 saturated carbocycles. The summed E-state index contributed by atoms with van der Waals surface area (Å²) in [5, 5.41) is 3.21. The molecule has 0 aromatic rings. The van der Waals surface area contributed by atoms with Crippen LogP contribution in [0.1, 0.15) is 59.3 Å². The second-order valence-electron chi connectivity index (χ2n) is 6.37. The predicted molar refractivity (Wildman–Crippen MR) is 84.6 cm³/mol. The quantitative estimate of drug-likeness (QED) is 0.681. The van der Waals surface area contributed by atoms with E-state index in [9.17, 15) is 4.79 Å². The number of amides is 1. The Morgan fingerprint density at radius 3 is 2.25 bits per heavy atom. The van der Waals surface area contributed by atoms with Gasteiger partial charge in [-0.3, -0.25) is 4.79 Å². The molecule has 1 saturated heterocycles. The minimum Gasteiger partial charge on any atom is -0.352 e. The van der Waals surface area contributed by atoms with Crippen LogP contribution in [0.15, 0.2) is 0 Å². The Morgan fingerprint density at radius 1 is 1.25 bits per heavy atom. The van der Waals surface area contributed by atoms with E-state index in [-0.39, 0.29) is 17.4 Å². The van der Waals surface area contributed by atoms with Crippen LogP contribution in [0.5, 0.6) is 0 Å². The van der Waals surface area contributed by atoms with Gasteiger partial charge in [0.15, 0.2) is 0 Å². The molecule has 118 valence electrons. The van der Waals surface area contributed by atoms with E-state index in [0.29, 0.717) is 6.54 Å². The molecule has 1 amide bonds. The molecule has 1 heterocycles. The van der Waals surface area contributed by atoms with E-state index in [2.05, 4.69) is 31.0 Å². The highest BCUT2D eigenvalue weighted by Crippen LogP contribution is 2.29. The van der Waals surface area contributed by atoms with Crippen molar-refractivity contribution in [2.45, 2.75) is 65.3 Å². The van der Waals surface area contributed by atoms with E-state index in [1.165, 1.54) is 25.9 Å². The van der Waals surface area contributed by atoms with Crippen molar-refractivity contribution in [3.63, 3.8) is 0 Å². The smallest absolute Gasteiger partial charge is 0.227 e. The second kappa shape index (κ2) is 8.63. The zero-order chi connectivity index (χ0) is 15.0. The molecule has 1 aliphatic heterocycles. The average Bonchev–Trinajstić information content (AvgIpc) is 2.90. The van der Waals surface area contributed by atoms with Crippen LogP contribution in [0.3, 0.4) is 0 Å². The molecule has 0 aromatic carbocycles. The zero-order valence-corrected chi connectivity index (χ0v) is 13.6. The molecule has 0 radical (unpaired) electrons. The highest BCUT2D eigenvalue weighted by molar-refractivity contribution is 5.83. The standard InChI is InChI=1S/C16H33N3O/c1-4-8-16(13-17,9-5-2)15(20)18-14(3)12-19-10-6-7-11-19/h14H,4-13,17H2,1-3H3,(H,18,20). The first-order valence-corrected chi connectivity index (χ1v) is 8.31. The molecular formula is C16H33N3O. The van der Waals surface area contributed by atoms with Gasteiger partial charge in [-0.2, -0.15) is 0 Å². The summed E-state index contributed by atoms with van der Waals surface area (Å²) in [6.07, 6.45) is 6.37. The Balaban J connectivity index is 2.54. The van der Waals surface area contributed by atoms with Crippen LogP contribution < -0.4 is 11.1 Å². The third kappa shape index (κ3) is 4.74. The zero-order valence-electron chi connectivity index (χ0n) is 13.6. The molecule has 4 nitrogen and oxygen atoms in total. The van der Waals surface area contributed by atoms with Crippen LogP contribution in [0.4, 0.5) is 0 Å². The maximum Gasteiger partial charge on any atom is 0.227 e. The van der Waals surface area contributed by atoms with E-state index < -0.39 is 0 Å². The van der Waals surface area contributed by atoms with Crippen molar-refractivity contribution in [1.29, 1.82) is 0 Å². The number of nitrogens with zero attached hydrogens (tertiary/aromatic N) is 1. The van der Waals surface area contributed by atoms with Crippen molar-refractivity contribution in [1.82, 2.24) is 10.2 Å². The van der Waals surface area contributed by atoms with Crippen LogP contribution >= 0.6 is 0 Å². The first-order valence-electron chi connectivity index (χ1n) is 8.31. The van der Waals surface area contributed by atoms with Crippen molar-refractivity contribution in [2.24, 2.45) is 11.1 Å². The van der Waals surface area contributed by atoms with E-state index >= 15 is 0 Å². The summed E-state index contributed by atoms with van der Waals surface area (Å²) in [6, 6.07) is 0.209. The molecular weight excluding hydrogens is 250 g/mol. The molecule has 1 rings (SSSR count). The van der Waals surface area contributed by atoms with E-state index in [1.807, 2.05) is 0 Å². The van der Waals surface area contributed by atoms with Crippen molar-refractivity contribution >= 4 is 5.91 Å². The van der Waals surface area contributed by atoms with Gasteiger partial charge in [0.1, 0.15) is 0 Å². The number of hydrogen-bond donors (Lipinski definition) is 2. The summed E-state index contributed by atoms with van der Waals surface area (Å²) in [6.45, 7) is 10.1. The normalized spacial score (nSPS) is 18.2. The first kappa shape index (κ1) is 17.4. The summed E-state index contributed by atoms with van der Waals surface area (Å²) in [5.74, 6) is 0.162. The van der Waals surface area contributed by atoms with Crippen LogP contribution in [0.25, 0.3) is 0 Å². The van der Waals surface area contributed by atoms with E-state index in [4.69, 9.17) is 5.73 Å². The Bertz CT molecular complexity index is 281. The average molecular weight is 283 g/mol. The van der Waals surface area contributed by atoms with Crippen molar-refractivity contribution < 1.29 is 4.79 Å². The molecule has 3 N–H and O–H groups in total. The summed E-state index contributed by atoms with van der Waals surface area (Å²) in [5.41, 5.74) is 5.59. The summed E-state index contributed by atoms with van der Waals surface area (Å²) in [7, 11) is 0. The molecule has 20 heavy (non-hydrogen) atoms. The SMILES string of the molecule is CCCC(CN)(CCC)C(=O)NC(C)CN1CCCC1. The lowest BCUT2D eigenvalue weighted by Gasteiger charge is -2.33. The van der Waals surface area contributed by atoms with Crippen molar-refractivity contribution in [3.05, 3.63) is 0 Å². The van der Waals surface area contributed by atoms with Gasteiger partial charge in [0.25, 0.3) is 0 Å². The Morgan fingerprint density at radius 2 is 1.80 bits per heavy atom. The monoisotopic (exact) mass is 283 g/mol. The molecule has 0 aromatic heterocycles. The van der Waals surface area contributed by atoms with Gasteiger partial charge in [0.05, 0.1) is 5.41 Å². The van der Waals surface area contributed by atoms with Crippen LogP contribution in [0.2, 0.25) is 0 Å². The molecule has 1 aliphatic rings. The van der Waals surface area contributed by atoms with Gasteiger partial charge in [-0.25, -0.2) is 0 Å². The summed E-state index contributed by atoms with van der Waals surface area (Å²) in [4.78, 5) is 15.1. The largest absolute Gasteiger partial charge is 0.352 e. The fourth-order valence-electron chi connectivity index (χ4n) is 3.38. The van der Waals surface area contributed by atoms with Gasteiger partial charge in [-0.05, 0) is 45.7 Å². The van der Waals surface area contributed by atoms with Gasteiger partial charge < -0.3 is 16.0 Å². The number of rotatable bonds is 9. The van der Waals surface area contributed by atoms with Gasteiger partial charge >= 0.3 is 0 Å². The third-order valence-electron chi connectivity index (χ3n) is 4.44. The van der Waals surface area contributed by atoms with E-state index in [1.54, 1.807) is 0 Å². The number of nitrogens with one attached hydrogen (secondary N) is 1. The highest BCUT2D eigenvalue weighted by Gasteiger charge is 2.35. The van der Waals surface area contributed by atoms with Crippen LogP contribution in [-0.4, -0.2) is 43.0 Å². The van der Waals surface area contributed by atoms with Gasteiger partial charge in [0, 0.05) is 19.1 Å². The lowest BCUT2D eigenvalue weighted by atomic mass is 9.78. The van der Waals surface area contributed by atoms with Crippen molar-refractivity contribution in [3.8, 4) is 0 Å². The highest BCUT2D eigenvalue weighted by atomic mass is 16.2. The number of hydrogen-bond acceptors (Lipinski definition) is 3. The minimum atomic E-state index is -0.358. The predicted octanol–water partition coefficient (Wildman–Crippen LogP) is 2.13. The Hall–Kier alpha value is -0.610. The van der Waals surface area contributed by atoms with Crippen LogP contribution in [-0.2, 0) is 4.79 Å². The molecule has 0 spiro atoms. The van der Waals surface area contributed by atoms with E-state index in [0.717, 1.165) is 32.2 Å². The van der Waals surface area contributed by atoms with Crippen molar-refractivity contribution in [2.75, 3.05) is 26.2 Å². The van der Waals surface area contributed by atoms with Crippen LogP contribution in [0, 0.1) is 5.41 Å². The fraction of sp³-hybridized carbons (Fsp3) is 0.938. The number of carbonyl (C=O) groups is 1. The summed E-state index contributed by atoms with van der Waals surface area (Å²) < 4.78 is 0. The Kier molecular flexibility index (Phi) is 7.52. The minimum absolute atomic E-state index is 0.162. The molecule has 0 aliphatic carbocycles. The third-order valence-corrected chi connectivity index (χ3v) is 4.44. The molecule has 0 bridgehead atoms. The van der Waals surface area contributed by atoms with Gasteiger partial charge in [-0.15, -0.1) is 0 Å². The molecule has 1 fully saturated rings. The van der Waals surface area contributed by atoms with Gasteiger partial charge in [-0.1, -0.05) is 26.7 Å². The Labute approximate surface area is 124 Å². The lowest BCUT2D eigenvalue weighted by Crippen LogP contribution is -2.51. The maximum absolute atomic E-state index is 12.7. The van der Waals surface area contributed by atoms with Gasteiger partial charge in [0.2, 0.25) is 5.91 Å². The number of carbonyl (C=O) groups excluding carboxylic acids is 1. The summed E-state index contributed by atoms with van der Waals surface area (Å²) >= 11 is 0. The number of nitrogens with two attached hydrogens (primary N) is 1. The lowest BCUT2D eigenvalue weighted by molar-refractivity contribution is -0.132. The second-order valence-corrected chi connectivity index (χ2v) is 6.37. The molecule has 1 atom stereocenters.